The largest absolute Gasteiger partial charge is 0.497 e. The van der Waals surface area contributed by atoms with E-state index in [9.17, 15) is 9.59 Å². The number of carbonyl (C=O) groups excluding carboxylic acids is 2. The van der Waals surface area contributed by atoms with Crippen LogP contribution in [-0.4, -0.2) is 32.7 Å². The molecule has 0 aliphatic heterocycles. The van der Waals surface area contributed by atoms with Crippen molar-refractivity contribution in [2.75, 3.05) is 26.1 Å². The van der Waals surface area contributed by atoms with E-state index in [0.29, 0.717) is 22.7 Å². The van der Waals surface area contributed by atoms with Crippen LogP contribution in [0, 0.1) is 11.3 Å². The zero-order valence-electron chi connectivity index (χ0n) is 14.0. The highest BCUT2D eigenvalue weighted by atomic mass is 35.5. The molecule has 0 fully saturated rings. The summed E-state index contributed by atoms with van der Waals surface area (Å²) < 4.78 is 15.2. The Bertz CT molecular complexity index is 876. The molecule has 0 saturated carbocycles. The summed E-state index contributed by atoms with van der Waals surface area (Å²) in [5, 5.41) is 11.6. The molecule has 0 aromatic heterocycles. The summed E-state index contributed by atoms with van der Waals surface area (Å²) in [5.41, 5.74) is 0.816. The molecule has 0 atom stereocenters. The van der Waals surface area contributed by atoms with Crippen molar-refractivity contribution in [1.82, 2.24) is 0 Å². The maximum Gasteiger partial charge on any atom is 0.342 e. The van der Waals surface area contributed by atoms with Crippen molar-refractivity contribution in [3.63, 3.8) is 0 Å². The molecule has 2 aromatic rings. The van der Waals surface area contributed by atoms with Gasteiger partial charge in [0.05, 0.1) is 24.8 Å². The quantitative estimate of drug-likeness (QED) is 0.780. The van der Waals surface area contributed by atoms with Crippen LogP contribution in [0.15, 0.2) is 36.4 Å². The molecular weight excluding hydrogens is 360 g/mol. The van der Waals surface area contributed by atoms with Gasteiger partial charge in [-0.05, 0) is 36.4 Å². The fourth-order valence-corrected chi connectivity index (χ4v) is 2.29. The highest BCUT2D eigenvalue weighted by molar-refractivity contribution is 6.32. The van der Waals surface area contributed by atoms with Crippen LogP contribution in [0.2, 0.25) is 5.02 Å². The molecular formula is C18H15ClN2O5. The summed E-state index contributed by atoms with van der Waals surface area (Å²) in [7, 11) is 2.88. The highest BCUT2D eigenvalue weighted by Crippen LogP contribution is 2.24. The first-order chi connectivity index (χ1) is 12.5. The zero-order chi connectivity index (χ0) is 19.1. The first-order valence-electron chi connectivity index (χ1n) is 7.37. The number of methoxy groups -OCH3 is 2. The number of anilines is 1. The van der Waals surface area contributed by atoms with Crippen molar-refractivity contribution >= 4 is 29.2 Å². The van der Waals surface area contributed by atoms with Gasteiger partial charge in [0.1, 0.15) is 23.1 Å². The second kappa shape index (κ2) is 8.74. The Morgan fingerprint density at radius 3 is 2.54 bits per heavy atom. The smallest absolute Gasteiger partial charge is 0.342 e. The van der Waals surface area contributed by atoms with E-state index in [0.717, 1.165) is 0 Å². The Labute approximate surface area is 155 Å². The van der Waals surface area contributed by atoms with Crippen LogP contribution in [0.4, 0.5) is 5.69 Å². The topological polar surface area (TPSA) is 97.7 Å². The molecule has 0 spiro atoms. The van der Waals surface area contributed by atoms with Crippen LogP contribution in [0.1, 0.15) is 15.9 Å². The summed E-state index contributed by atoms with van der Waals surface area (Å²) in [5.74, 6) is -0.528. The Balaban J connectivity index is 2.00. The molecule has 8 heteroatoms. The van der Waals surface area contributed by atoms with Gasteiger partial charge in [0.2, 0.25) is 0 Å². The number of hydrogen-bond donors (Lipinski definition) is 1. The van der Waals surface area contributed by atoms with Crippen molar-refractivity contribution in [1.29, 1.82) is 5.26 Å². The van der Waals surface area contributed by atoms with Crippen molar-refractivity contribution < 1.29 is 23.8 Å². The van der Waals surface area contributed by atoms with Gasteiger partial charge >= 0.3 is 5.97 Å². The molecule has 0 unspecified atom stereocenters. The molecule has 1 amide bonds. The van der Waals surface area contributed by atoms with Crippen LogP contribution in [0.5, 0.6) is 11.5 Å². The predicted octanol–water partition coefficient (Wildman–Crippen LogP) is 3.02. The summed E-state index contributed by atoms with van der Waals surface area (Å²) in [6, 6.07) is 11.0. The molecule has 0 aliphatic rings. The number of esters is 1. The fourth-order valence-electron chi connectivity index (χ4n) is 2.06. The van der Waals surface area contributed by atoms with Gasteiger partial charge in [0, 0.05) is 5.69 Å². The Morgan fingerprint density at radius 1 is 1.15 bits per heavy atom. The second-order valence-electron chi connectivity index (χ2n) is 5.00. The van der Waals surface area contributed by atoms with Gasteiger partial charge in [-0.3, -0.25) is 4.79 Å². The molecule has 7 nitrogen and oxygen atoms in total. The van der Waals surface area contributed by atoms with Gasteiger partial charge in [0.15, 0.2) is 6.61 Å². The first-order valence-corrected chi connectivity index (χ1v) is 7.75. The number of nitrogens with one attached hydrogen (secondary N) is 1. The lowest BCUT2D eigenvalue weighted by atomic mass is 10.2. The van der Waals surface area contributed by atoms with Crippen molar-refractivity contribution in [3.05, 3.63) is 52.5 Å². The summed E-state index contributed by atoms with van der Waals surface area (Å²) in [4.78, 5) is 24.1. The highest BCUT2D eigenvalue weighted by Gasteiger charge is 2.17. The third kappa shape index (κ3) is 4.65. The van der Waals surface area contributed by atoms with E-state index < -0.39 is 18.5 Å². The summed E-state index contributed by atoms with van der Waals surface area (Å²) in [6.45, 7) is -0.503. The molecule has 2 aromatic carbocycles. The lowest BCUT2D eigenvalue weighted by Gasteiger charge is -2.11. The lowest BCUT2D eigenvalue weighted by molar-refractivity contribution is -0.119. The average molecular weight is 375 g/mol. The Hall–Kier alpha value is -3.24. The SMILES string of the molecule is COc1ccc(OC)c(C(=O)OCC(=O)Nc2ccc(C#N)c(Cl)c2)c1. The van der Waals surface area contributed by atoms with Crippen LogP contribution in [0.3, 0.4) is 0 Å². The fraction of sp³-hybridized carbons (Fsp3) is 0.167. The molecule has 0 aliphatic carbocycles. The molecule has 0 heterocycles. The van der Waals surface area contributed by atoms with Crippen LogP contribution < -0.4 is 14.8 Å². The van der Waals surface area contributed by atoms with Gasteiger partial charge in [-0.25, -0.2) is 4.79 Å². The van der Waals surface area contributed by atoms with Crippen molar-refractivity contribution in [3.8, 4) is 17.6 Å². The van der Waals surface area contributed by atoms with Crippen LogP contribution in [-0.2, 0) is 9.53 Å². The van der Waals surface area contributed by atoms with E-state index in [1.54, 1.807) is 12.1 Å². The normalized spacial score (nSPS) is 9.77. The first kappa shape index (κ1) is 19.1. The number of ether oxygens (including phenoxy) is 3. The van der Waals surface area contributed by atoms with Crippen molar-refractivity contribution in [2.45, 2.75) is 0 Å². The van der Waals surface area contributed by atoms with E-state index in [2.05, 4.69) is 5.32 Å². The van der Waals surface area contributed by atoms with E-state index in [4.69, 9.17) is 31.1 Å². The number of hydrogen-bond acceptors (Lipinski definition) is 6. The standard InChI is InChI=1S/C18H15ClN2O5/c1-24-13-5-6-16(25-2)14(8-13)18(23)26-10-17(22)21-12-4-3-11(9-20)15(19)7-12/h3-8H,10H2,1-2H3,(H,21,22). The summed E-state index contributed by atoms with van der Waals surface area (Å²) >= 11 is 5.90. The number of benzene rings is 2. The van der Waals surface area contributed by atoms with Gasteiger partial charge in [-0.1, -0.05) is 11.6 Å². The molecule has 2 rings (SSSR count). The van der Waals surface area contributed by atoms with E-state index >= 15 is 0 Å². The van der Waals surface area contributed by atoms with E-state index in [1.807, 2.05) is 6.07 Å². The number of nitriles is 1. The van der Waals surface area contributed by atoms with Gasteiger partial charge in [0.25, 0.3) is 5.91 Å². The van der Waals surface area contributed by atoms with Gasteiger partial charge in [-0.15, -0.1) is 0 Å². The predicted molar refractivity (Wildman–Crippen MR) is 94.6 cm³/mol. The zero-order valence-corrected chi connectivity index (χ0v) is 14.8. The second-order valence-corrected chi connectivity index (χ2v) is 5.40. The molecule has 0 bridgehead atoms. The number of amides is 1. The van der Waals surface area contributed by atoms with Crippen LogP contribution >= 0.6 is 11.6 Å². The number of rotatable bonds is 6. The monoisotopic (exact) mass is 374 g/mol. The molecule has 134 valence electrons. The third-order valence-electron chi connectivity index (χ3n) is 3.33. The Kier molecular flexibility index (Phi) is 6.42. The lowest BCUT2D eigenvalue weighted by Crippen LogP contribution is -2.21. The number of halogens is 1. The van der Waals surface area contributed by atoms with Crippen LogP contribution in [0.25, 0.3) is 0 Å². The third-order valence-corrected chi connectivity index (χ3v) is 3.65. The Morgan fingerprint density at radius 2 is 1.92 bits per heavy atom. The van der Waals surface area contributed by atoms with Gasteiger partial charge in [-0.2, -0.15) is 5.26 Å². The minimum absolute atomic E-state index is 0.140. The number of carbonyl (C=O) groups is 2. The molecule has 1 N–H and O–H groups in total. The van der Waals surface area contributed by atoms with Gasteiger partial charge < -0.3 is 19.5 Å². The minimum Gasteiger partial charge on any atom is -0.497 e. The maximum absolute atomic E-state index is 12.2. The molecule has 26 heavy (non-hydrogen) atoms. The minimum atomic E-state index is -0.728. The maximum atomic E-state index is 12.2. The average Bonchev–Trinajstić information content (AvgIpc) is 2.65. The summed E-state index contributed by atoms with van der Waals surface area (Å²) in [6.07, 6.45) is 0. The van der Waals surface area contributed by atoms with E-state index in [1.165, 1.54) is 38.5 Å². The van der Waals surface area contributed by atoms with E-state index in [-0.39, 0.29) is 10.6 Å². The van der Waals surface area contributed by atoms with Crippen molar-refractivity contribution in [2.24, 2.45) is 0 Å². The molecule has 0 saturated heterocycles. The number of nitrogens with zero attached hydrogens (tertiary/aromatic N) is 1. The molecule has 0 radical (unpaired) electrons.